The van der Waals surface area contributed by atoms with Crippen LogP contribution in [-0.4, -0.2) is 69.2 Å². The molecule has 1 heterocycles. The van der Waals surface area contributed by atoms with Gasteiger partial charge < -0.3 is 19.9 Å². The largest absolute Gasteiger partial charge is 0.497 e. The van der Waals surface area contributed by atoms with Gasteiger partial charge in [0.05, 0.1) is 7.11 Å². The number of nitrogens with one attached hydrogen (secondary N) is 1. The number of hydrogen-bond acceptors (Lipinski definition) is 4. The molecule has 1 aliphatic heterocycles. The first-order valence-corrected chi connectivity index (χ1v) is 10.6. The van der Waals surface area contributed by atoms with Gasteiger partial charge in [-0.2, -0.15) is 11.8 Å². The summed E-state index contributed by atoms with van der Waals surface area (Å²) in [6.07, 6.45) is 4.57. The van der Waals surface area contributed by atoms with Gasteiger partial charge in [-0.3, -0.25) is 4.99 Å². The highest BCUT2D eigenvalue weighted by molar-refractivity contribution is 7.98. The second-order valence-electron chi connectivity index (χ2n) is 6.11. The standard InChI is InChI=1S/C19H32N4OS/c1-4-20-19(21-10-5-6-15-25-3)23-13-11-22(12-14-23)17-8-7-9-18(16-17)24-2/h7-9,16H,4-6,10-15H2,1-3H3,(H,20,21). The molecule has 140 valence electrons. The van der Waals surface area contributed by atoms with Crippen molar-refractivity contribution in [2.24, 2.45) is 4.99 Å². The molecule has 0 radical (unpaired) electrons. The number of aliphatic imine (C=N–C) groups is 1. The lowest BCUT2D eigenvalue weighted by Crippen LogP contribution is -2.52. The molecule has 0 amide bonds. The summed E-state index contributed by atoms with van der Waals surface area (Å²) in [6, 6.07) is 8.32. The van der Waals surface area contributed by atoms with Crippen LogP contribution in [0.25, 0.3) is 0 Å². The maximum absolute atomic E-state index is 5.34. The molecule has 0 aliphatic carbocycles. The molecule has 6 heteroatoms. The van der Waals surface area contributed by atoms with E-state index in [0.717, 1.165) is 51.0 Å². The van der Waals surface area contributed by atoms with Crippen molar-refractivity contribution in [1.82, 2.24) is 10.2 Å². The van der Waals surface area contributed by atoms with E-state index in [-0.39, 0.29) is 0 Å². The van der Waals surface area contributed by atoms with E-state index in [9.17, 15) is 0 Å². The molecule has 0 saturated carbocycles. The van der Waals surface area contributed by atoms with Gasteiger partial charge in [0, 0.05) is 51.0 Å². The molecule has 5 nitrogen and oxygen atoms in total. The number of guanidine groups is 1. The van der Waals surface area contributed by atoms with Crippen molar-refractivity contribution in [3.05, 3.63) is 24.3 Å². The molecule has 1 N–H and O–H groups in total. The lowest BCUT2D eigenvalue weighted by atomic mass is 10.2. The highest BCUT2D eigenvalue weighted by atomic mass is 32.2. The summed E-state index contributed by atoms with van der Waals surface area (Å²) in [5.41, 5.74) is 1.23. The molecule has 0 atom stereocenters. The maximum atomic E-state index is 5.34. The van der Waals surface area contributed by atoms with E-state index in [1.165, 1.54) is 24.3 Å². The fraction of sp³-hybridized carbons (Fsp3) is 0.632. The van der Waals surface area contributed by atoms with Gasteiger partial charge in [-0.05, 0) is 43.9 Å². The summed E-state index contributed by atoms with van der Waals surface area (Å²) in [6.45, 7) is 7.96. The maximum Gasteiger partial charge on any atom is 0.194 e. The molecule has 0 bridgehead atoms. The minimum absolute atomic E-state index is 0.916. The van der Waals surface area contributed by atoms with Crippen molar-refractivity contribution in [2.45, 2.75) is 19.8 Å². The number of nitrogens with zero attached hydrogens (tertiary/aromatic N) is 3. The van der Waals surface area contributed by atoms with Gasteiger partial charge in [0.25, 0.3) is 0 Å². The third kappa shape index (κ3) is 6.34. The second kappa shape index (κ2) is 11.1. The van der Waals surface area contributed by atoms with E-state index in [1.807, 2.05) is 17.8 Å². The van der Waals surface area contributed by atoms with Gasteiger partial charge in [0.15, 0.2) is 5.96 Å². The van der Waals surface area contributed by atoms with Gasteiger partial charge in [0.2, 0.25) is 0 Å². The van der Waals surface area contributed by atoms with Crippen molar-refractivity contribution in [2.75, 3.05) is 63.3 Å². The van der Waals surface area contributed by atoms with Crippen LogP contribution in [0.15, 0.2) is 29.3 Å². The number of hydrogen-bond donors (Lipinski definition) is 1. The lowest BCUT2D eigenvalue weighted by Gasteiger charge is -2.37. The fourth-order valence-corrected chi connectivity index (χ4v) is 3.45. The zero-order chi connectivity index (χ0) is 17.9. The average molecular weight is 365 g/mol. The van der Waals surface area contributed by atoms with Crippen LogP contribution in [0, 0.1) is 0 Å². The highest BCUT2D eigenvalue weighted by Crippen LogP contribution is 2.22. The molecule has 1 fully saturated rings. The Hall–Kier alpha value is -1.56. The fourth-order valence-electron chi connectivity index (χ4n) is 2.95. The molecule has 2 rings (SSSR count). The molecule has 1 aromatic rings. The topological polar surface area (TPSA) is 40.1 Å². The first-order chi connectivity index (χ1) is 12.3. The predicted octanol–water partition coefficient (Wildman–Crippen LogP) is 2.93. The lowest BCUT2D eigenvalue weighted by molar-refractivity contribution is 0.372. The molecule has 1 aromatic carbocycles. The van der Waals surface area contributed by atoms with E-state index in [0.29, 0.717) is 0 Å². The number of benzene rings is 1. The van der Waals surface area contributed by atoms with Crippen LogP contribution in [0.1, 0.15) is 19.8 Å². The predicted molar refractivity (Wildman–Crippen MR) is 110 cm³/mol. The van der Waals surface area contributed by atoms with Crippen LogP contribution in [0.3, 0.4) is 0 Å². The van der Waals surface area contributed by atoms with E-state index < -0.39 is 0 Å². The van der Waals surface area contributed by atoms with E-state index in [1.54, 1.807) is 7.11 Å². The summed E-state index contributed by atoms with van der Waals surface area (Å²) < 4.78 is 5.34. The summed E-state index contributed by atoms with van der Waals surface area (Å²) in [5, 5.41) is 3.45. The Morgan fingerprint density at radius 2 is 2.04 bits per heavy atom. The zero-order valence-corrected chi connectivity index (χ0v) is 16.6. The number of unbranched alkanes of at least 4 members (excludes halogenated alkanes) is 1. The molecule has 0 unspecified atom stereocenters. The number of methoxy groups -OCH3 is 1. The quantitative estimate of drug-likeness (QED) is 0.436. The van der Waals surface area contributed by atoms with Crippen LogP contribution in [0.5, 0.6) is 5.75 Å². The average Bonchev–Trinajstić information content (AvgIpc) is 2.67. The molecular weight excluding hydrogens is 332 g/mol. The third-order valence-electron chi connectivity index (χ3n) is 4.35. The van der Waals surface area contributed by atoms with Crippen LogP contribution < -0.4 is 15.0 Å². The van der Waals surface area contributed by atoms with Crippen molar-refractivity contribution >= 4 is 23.4 Å². The highest BCUT2D eigenvalue weighted by Gasteiger charge is 2.20. The minimum atomic E-state index is 0.916. The zero-order valence-electron chi connectivity index (χ0n) is 15.8. The molecule has 25 heavy (non-hydrogen) atoms. The van der Waals surface area contributed by atoms with Crippen LogP contribution in [0.4, 0.5) is 5.69 Å². The monoisotopic (exact) mass is 364 g/mol. The van der Waals surface area contributed by atoms with Crippen molar-refractivity contribution in [1.29, 1.82) is 0 Å². The van der Waals surface area contributed by atoms with Gasteiger partial charge in [0.1, 0.15) is 5.75 Å². The van der Waals surface area contributed by atoms with Crippen LogP contribution in [0.2, 0.25) is 0 Å². The van der Waals surface area contributed by atoms with Crippen LogP contribution >= 0.6 is 11.8 Å². The first-order valence-electron chi connectivity index (χ1n) is 9.19. The van der Waals surface area contributed by atoms with E-state index in [2.05, 4.69) is 46.5 Å². The Bertz CT molecular complexity index is 530. The number of rotatable bonds is 8. The van der Waals surface area contributed by atoms with Crippen molar-refractivity contribution in [3.8, 4) is 5.75 Å². The summed E-state index contributed by atoms with van der Waals surface area (Å²) in [7, 11) is 1.72. The van der Waals surface area contributed by atoms with E-state index >= 15 is 0 Å². The Balaban J connectivity index is 1.87. The number of ether oxygens (including phenoxy) is 1. The van der Waals surface area contributed by atoms with Gasteiger partial charge >= 0.3 is 0 Å². The molecule has 0 spiro atoms. The second-order valence-corrected chi connectivity index (χ2v) is 7.10. The Morgan fingerprint density at radius 3 is 2.72 bits per heavy atom. The van der Waals surface area contributed by atoms with Gasteiger partial charge in [-0.25, -0.2) is 0 Å². The molecule has 0 aromatic heterocycles. The number of piperazine rings is 1. The summed E-state index contributed by atoms with van der Waals surface area (Å²) >= 11 is 1.91. The van der Waals surface area contributed by atoms with Crippen LogP contribution in [-0.2, 0) is 0 Å². The summed E-state index contributed by atoms with van der Waals surface area (Å²) in [4.78, 5) is 9.62. The smallest absolute Gasteiger partial charge is 0.194 e. The molecular formula is C19H32N4OS. The first kappa shape index (κ1) is 19.8. The minimum Gasteiger partial charge on any atom is -0.497 e. The molecule has 1 aliphatic rings. The Morgan fingerprint density at radius 1 is 1.24 bits per heavy atom. The van der Waals surface area contributed by atoms with E-state index in [4.69, 9.17) is 9.73 Å². The van der Waals surface area contributed by atoms with Crippen molar-refractivity contribution < 1.29 is 4.74 Å². The number of thioether (sulfide) groups is 1. The third-order valence-corrected chi connectivity index (χ3v) is 5.05. The normalized spacial score (nSPS) is 15.4. The van der Waals surface area contributed by atoms with Gasteiger partial charge in [-0.1, -0.05) is 6.07 Å². The molecule has 1 saturated heterocycles. The number of anilines is 1. The van der Waals surface area contributed by atoms with Crippen molar-refractivity contribution in [3.63, 3.8) is 0 Å². The Labute approximate surface area is 156 Å². The SMILES string of the molecule is CCNC(=NCCCCSC)N1CCN(c2cccc(OC)c2)CC1. The Kier molecular flexibility index (Phi) is 8.80. The van der Waals surface area contributed by atoms with Gasteiger partial charge in [-0.15, -0.1) is 0 Å². The summed E-state index contributed by atoms with van der Waals surface area (Å²) in [5.74, 6) is 3.21.